The molecule has 1 aromatic heterocycles. The average Bonchev–Trinajstić information content (AvgIpc) is 2.84. The number of anilines is 1. The quantitative estimate of drug-likeness (QED) is 0.507. The highest BCUT2D eigenvalue weighted by Crippen LogP contribution is 2.20. The zero-order valence-corrected chi connectivity index (χ0v) is 12.1. The van der Waals surface area contributed by atoms with Gasteiger partial charge in [0.1, 0.15) is 5.70 Å². The monoisotopic (exact) mass is 308 g/mol. The Kier molecular flexibility index (Phi) is 4.39. The number of benzene rings is 1. The number of nitrogens with one attached hydrogen (secondary N) is 2. The van der Waals surface area contributed by atoms with E-state index in [9.17, 15) is 9.59 Å². The Hall–Kier alpha value is -2.61. The van der Waals surface area contributed by atoms with Crippen LogP contribution in [0.3, 0.4) is 0 Å². The van der Waals surface area contributed by atoms with Crippen LogP contribution in [0.4, 0.5) is 5.69 Å². The van der Waals surface area contributed by atoms with Gasteiger partial charge < -0.3 is 24.2 Å². The van der Waals surface area contributed by atoms with Gasteiger partial charge in [-0.25, -0.2) is 9.59 Å². The van der Waals surface area contributed by atoms with Crippen LogP contribution < -0.4 is 5.32 Å². The fourth-order valence-corrected chi connectivity index (χ4v) is 1.81. The minimum atomic E-state index is -0.699. The number of rotatable bonds is 4. The first-order valence-electron chi connectivity index (χ1n) is 5.81. The number of H-pyrrole nitrogens is 1. The second-order valence-corrected chi connectivity index (χ2v) is 4.29. The van der Waals surface area contributed by atoms with Crippen LogP contribution in [0.15, 0.2) is 34.4 Å². The zero-order valence-electron chi connectivity index (χ0n) is 11.3. The van der Waals surface area contributed by atoms with Gasteiger partial charge in [0.2, 0.25) is 0 Å². The van der Waals surface area contributed by atoms with E-state index >= 15 is 0 Å². The molecule has 0 saturated heterocycles. The second-order valence-electron chi connectivity index (χ2n) is 3.92. The summed E-state index contributed by atoms with van der Waals surface area (Å²) in [6.07, 6.45) is 1.00. The molecule has 110 valence electrons. The van der Waals surface area contributed by atoms with E-state index in [-0.39, 0.29) is 10.5 Å². The highest BCUT2D eigenvalue weighted by Gasteiger charge is 2.13. The van der Waals surface area contributed by atoms with Gasteiger partial charge in [-0.2, -0.15) is 0 Å². The molecular formula is C13H12N2O5S. The third kappa shape index (κ3) is 3.48. The van der Waals surface area contributed by atoms with E-state index in [2.05, 4.69) is 19.8 Å². The molecule has 0 saturated carbocycles. The van der Waals surface area contributed by atoms with Gasteiger partial charge in [0, 0.05) is 11.8 Å². The molecule has 0 fully saturated rings. The van der Waals surface area contributed by atoms with Gasteiger partial charge in [-0.3, -0.25) is 0 Å². The standard InChI is InChI=1S/C13H12N2O5S/c1-18-11(16)6-9(12(17)19-2)14-7-3-4-8-10(5-7)20-13(21)15-8/h3-6,14H,1-2H3,(H,15,21)/b9-6+. The molecular weight excluding hydrogens is 296 g/mol. The summed E-state index contributed by atoms with van der Waals surface area (Å²) >= 11 is 4.89. The number of hydrogen-bond acceptors (Lipinski definition) is 7. The molecule has 0 spiro atoms. The molecule has 21 heavy (non-hydrogen) atoms. The number of esters is 2. The van der Waals surface area contributed by atoms with Crippen LogP contribution >= 0.6 is 12.2 Å². The minimum Gasteiger partial charge on any atom is -0.466 e. The number of ether oxygens (including phenoxy) is 2. The van der Waals surface area contributed by atoms with Crippen molar-refractivity contribution in [2.24, 2.45) is 0 Å². The van der Waals surface area contributed by atoms with Gasteiger partial charge in [0.25, 0.3) is 4.84 Å². The molecule has 0 aliphatic rings. The van der Waals surface area contributed by atoms with Crippen molar-refractivity contribution in [3.05, 3.63) is 34.8 Å². The van der Waals surface area contributed by atoms with E-state index in [0.29, 0.717) is 11.3 Å². The molecule has 0 bridgehead atoms. The number of carbonyl (C=O) groups is 2. The van der Waals surface area contributed by atoms with Crippen molar-refractivity contribution >= 4 is 40.9 Å². The summed E-state index contributed by atoms with van der Waals surface area (Å²) in [7, 11) is 2.42. The van der Waals surface area contributed by atoms with Crippen LogP contribution in [0.5, 0.6) is 0 Å². The maximum absolute atomic E-state index is 11.6. The Bertz CT molecular complexity index is 774. The Morgan fingerprint density at radius 2 is 2.10 bits per heavy atom. The molecule has 2 N–H and O–H groups in total. The molecule has 1 aromatic carbocycles. The topological polar surface area (TPSA) is 93.6 Å². The molecule has 0 radical (unpaired) electrons. The van der Waals surface area contributed by atoms with E-state index in [1.807, 2.05) is 0 Å². The molecule has 1 heterocycles. The molecule has 2 aromatic rings. The van der Waals surface area contributed by atoms with Gasteiger partial charge in [0.15, 0.2) is 5.58 Å². The SMILES string of the molecule is COC(=O)/C=C(/Nc1ccc2[nH]c(=S)oc2c1)C(=O)OC. The van der Waals surface area contributed by atoms with Crippen molar-refractivity contribution in [3.63, 3.8) is 0 Å². The summed E-state index contributed by atoms with van der Waals surface area (Å²) < 4.78 is 14.4. The normalized spacial score (nSPS) is 11.2. The molecule has 0 aliphatic carbocycles. The minimum absolute atomic E-state index is 0.0576. The number of carbonyl (C=O) groups excluding carboxylic acids is 2. The number of hydrogen-bond donors (Lipinski definition) is 2. The van der Waals surface area contributed by atoms with Crippen molar-refractivity contribution in [2.45, 2.75) is 0 Å². The number of oxazole rings is 1. The van der Waals surface area contributed by atoms with Crippen LogP contribution in [-0.4, -0.2) is 31.1 Å². The maximum Gasteiger partial charge on any atom is 0.354 e. The van der Waals surface area contributed by atoms with Crippen LogP contribution in [0.25, 0.3) is 11.1 Å². The van der Waals surface area contributed by atoms with Crippen molar-refractivity contribution in [1.29, 1.82) is 0 Å². The predicted octanol–water partition coefficient (Wildman–Crippen LogP) is 2.13. The highest BCUT2D eigenvalue weighted by atomic mass is 32.1. The van der Waals surface area contributed by atoms with Crippen molar-refractivity contribution in [1.82, 2.24) is 4.98 Å². The lowest BCUT2D eigenvalue weighted by Gasteiger charge is -2.08. The summed E-state index contributed by atoms with van der Waals surface area (Å²) in [4.78, 5) is 26.0. The number of aromatic nitrogens is 1. The number of aromatic amines is 1. The van der Waals surface area contributed by atoms with Crippen molar-refractivity contribution in [3.8, 4) is 0 Å². The van der Waals surface area contributed by atoms with E-state index in [1.165, 1.54) is 14.2 Å². The summed E-state index contributed by atoms with van der Waals surface area (Å²) in [5.41, 5.74) is 1.72. The summed E-state index contributed by atoms with van der Waals surface area (Å²) in [5, 5.41) is 2.77. The second kappa shape index (κ2) is 6.23. The van der Waals surface area contributed by atoms with Crippen LogP contribution in [0.1, 0.15) is 0 Å². The molecule has 8 heteroatoms. The smallest absolute Gasteiger partial charge is 0.354 e. The third-order valence-electron chi connectivity index (χ3n) is 2.57. The summed E-state index contributed by atoms with van der Waals surface area (Å²) in [6.45, 7) is 0. The zero-order chi connectivity index (χ0) is 15.4. The van der Waals surface area contributed by atoms with Gasteiger partial charge in [-0.05, 0) is 24.4 Å². The van der Waals surface area contributed by atoms with Gasteiger partial charge in [0.05, 0.1) is 25.8 Å². The number of fused-ring (bicyclic) bond motifs is 1. The van der Waals surface area contributed by atoms with Crippen LogP contribution in [-0.2, 0) is 19.1 Å². The fraction of sp³-hybridized carbons (Fsp3) is 0.154. The third-order valence-corrected chi connectivity index (χ3v) is 2.75. The Morgan fingerprint density at radius 1 is 1.33 bits per heavy atom. The maximum atomic E-state index is 11.6. The largest absolute Gasteiger partial charge is 0.466 e. The molecule has 0 unspecified atom stereocenters. The Morgan fingerprint density at radius 3 is 2.76 bits per heavy atom. The van der Waals surface area contributed by atoms with E-state index in [4.69, 9.17) is 16.6 Å². The van der Waals surface area contributed by atoms with Gasteiger partial charge in [-0.1, -0.05) is 0 Å². The first-order chi connectivity index (χ1) is 10.0. The van der Waals surface area contributed by atoms with Crippen molar-refractivity contribution in [2.75, 3.05) is 19.5 Å². The van der Waals surface area contributed by atoms with E-state index in [1.54, 1.807) is 18.2 Å². The first-order valence-corrected chi connectivity index (χ1v) is 6.22. The molecule has 0 atom stereocenters. The van der Waals surface area contributed by atoms with Crippen molar-refractivity contribution < 1.29 is 23.5 Å². The van der Waals surface area contributed by atoms with Gasteiger partial charge >= 0.3 is 11.9 Å². The summed E-state index contributed by atoms with van der Waals surface area (Å²) in [5.74, 6) is -1.38. The predicted molar refractivity (Wildman–Crippen MR) is 77.1 cm³/mol. The number of methoxy groups -OCH3 is 2. The lowest BCUT2D eigenvalue weighted by molar-refractivity contribution is -0.138. The fourth-order valence-electron chi connectivity index (χ4n) is 1.61. The van der Waals surface area contributed by atoms with E-state index in [0.717, 1.165) is 11.6 Å². The van der Waals surface area contributed by atoms with E-state index < -0.39 is 11.9 Å². The summed E-state index contributed by atoms with van der Waals surface area (Å²) in [6, 6.07) is 5.05. The molecule has 2 rings (SSSR count). The first kappa shape index (κ1) is 14.8. The lowest BCUT2D eigenvalue weighted by Crippen LogP contribution is -2.15. The van der Waals surface area contributed by atoms with Crippen LogP contribution in [0, 0.1) is 4.84 Å². The molecule has 7 nitrogen and oxygen atoms in total. The highest BCUT2D eigenvalue weighted by molar-refractivity contribution is 7.71. The average molecular weight is 308 g/mol. The van der Waals surface area contributed by atoms with Gasteiger partial charge in [-0.15, -0.1) is 0 Å². The lowest BCUT2D eigenvalue weighted by atomic mass is 10.2. The Balaban J connectivity index is 2.33. The molecule has 0 aliphatic heterocycles. The van der Waals surface area contributed by atoms with Crippen LogP contribution in [0.2, 0.25) is 0 Å². The Labute approximate surface area is 124 Å². The molecule has 0 amide bonds.